The topological polar surface area (TPSA) is 766 Å². The maximum absolute atomic E-state index is 14.7. The van der Waals surface area contributed by atoms with Crippen molar-refractivity contribution in [2.24, 2.45) is 99.5 Å². The molecular formula is C55H106N28O14. The molecule has 0 aliphatic heterocycles. The number of nitrogens with zero attached hydrogens (tertiary/aromatic N) is 5. The van der Waals surface area contributed by atoms with E-state index in [-0.39, 0.29) is 166 Å². The molecule has 0 heterocycles. The molecule has 0 rings (SSSR count). The zero-order valence-electron chi connectivity index (χ0n) is 55.2. The second kappa shape index (κ2) is 49.4. The quantitative estimate of drug-likeness (QED) is 0.0153. The minimum Gasteiger partial charge on any atom is -0.481 e. The van der Waals surface area contributed by atoms with E-state index in [1.807, 2.05) is 0 Å². The van der Waals surface area contributed by atoms with E-state index in [9.17, 15) is 67.7 Å². The second-order valence-electron chi connectivity index (χ2n) is 22.4. The molecule has 0 aliphatic carbocycles. The standard InChI is InChI=1S/C55H106N28O14/c1-29(58)41(88)75-30(2)42(89)76-34(15-8-24-70-52(61)62)46(93)83-38(19-20-39(84)85)50(97)82-37(18-11-27-73-55(67)68)49(96)81-36(17-10-26-72-54(65)66)48(95)80-35(16-9-25-71-53(63)64)47(94)79-33(13-4-6-22-57)45(92)78-32(12-3-5-21-56)44(91)77-31(14-7-23-69-51(59)60)43(90)74-28-40(86)87/h29-38H,3-28,56-58H2,1-2H3,(H,74,90)(H,75,88)(H,76,89)(H,77,91)(H,78,92)(H,79,94)(H,80,95)(H,81,96)(H,82,97)(H,83,93)(H,84,85)(H,86,87)(H4,59,60,69)(H4,61,62,70)(H4,63,64,71)(H4,65,66,72)(H4,67,68,73)/t29-,30-,31-,32-,33-,34-,35-,36-,37-,38-/m0/s1. The minimum absolute atomic E-state index is 0.00147. The summed E-state index contributed by atoms with van der Waals surface area (Å²) >= 11 is 0. The van der Waals surface area contributed by atoms with E-state index in [2.05, 4.69) is 78.1 Å². The SMILES string of the molecule is C[C@H](N)C(=O)N[C@@H](C)C(=O)N[C@@H](CCCN=C(N)N)C(=O)N[C@@H](CCC(=O)O)C(=O)N[C@@H](CCCN=C(N)N)C(=O)N[C@@H](CCCN=C(N)N)C(=O)N[C@@H](CCCN=C(N)N)C(=O)N[C@@H](CCCCN)C(=O)N[C@@H](CCCCN)C(=O)N[C@@H](CCCN=C(N)N)C(=O)NCC(=O)O. The van der Waals surface area contributed by atoms with E-state index in [1.54, 1.807) is 0 Å². The van der Waals surface area contributed by atoms with Crippen LogP contribution in [0.25, 0.3) is 0 Å². The number of nitrogens with one attached hydrogen (secondary N) is 10. The Kier molecular flexibility index (Phi) is 44.3. The molecule has 0 saturated carbocycles. The molecule has 0 fully saturated rings. The molecule has 0 aromatic rings. The van der Waals surface area contributed by atoms with Crippen molar-refractivity contribution in [1.29, 1.82) is 0 Å². The lowest BCUT2D eigenvalue weighted by Crippen LogP contribution is -2.60. The number of carboxylic acids is 2. The molecule has 0 aromatic heterocycles. The second-order valence-corrected chi connectivity index (χ2v) is 22.4. The normalized spacial score (nSPS) is 13.8. The number of carboxylic acid groups (broad SMARTS) is 2. The van der Waals surface area contributed by atoms with Crippen molar-refractivity contribution >= 4 is 101 Å². The van der Waals surface area contributed by atoms with Crippen molar-refractivity contribution in [2.45, 2.75) is 190 Å². The molecule has 42 nitrogen and oxygen atoms in total. The van der Waals surface area contributed by atoms with Crippen LogP contribution in [-0.4, -0.2) is 224 Å². The Balaban J connectivity index is 7.60. The van der Waals surface area contributed by atoms with E-state index < -0.39 is 151 Å². The maximum Gasteiger partial charge on any atom is 0.322 e. The highest BCUT2D eigenvalue weighted by atomic mass is 16.4. The van der Waals surface area contributed by atoms with Crippen molar-refractivity contribution in [3.8, 4) is 0 Å². The van der Waals surface area contributed by atoms with Gasteiger partial charge in [0.2, 0.25) is 59.1 Å². The molecule has 0 bridgehead atoms. The van der Waals surface area contributed by atoms with Gasteiger partial charge in [-0.25, -0.2) is 0 Å². The predicted octanol–water partition coefficient (Wildman–Crippen LogP) is -10.7. The summed E-state index contributed by atoms with van der Waals surface area (Å²) in [6.45, 7) is 2.05. The first-order valence-corrected chi connectivity index (χ1v) is 31.6. The summed E-state index contributed by atoms with van der Waals surface area (Å²) in [6, 6.07) is -14.3. The highest BCUT2D eigenvalue weighted by Crippen LogP contribution is 2.12. The number of carbonyl (C=O) groups is 12. The Hall–Kier alpha value is -10.1. The van der Waals surface area contributed by atoms with E-state index in [4.69, 9.17) is 74.5 Å². The first kappa shape index (κ1) is 86.9. The number of rotatable bonds is 52. The molecule has 0 unspecified atom stereocenters. The fourth-order valence-corrected chi connectivity index (χ4v) is 8.82. The number of unbranched alkanes of at least 4 members (excludes halogenated alkanes) is 2. The molecule has 0 saturated heterocycles. The Morgan fingerprint density at radius 3 is 0.773 bits per heavy atom. The van der Waals surface area contributed by atoms with Crippen LogP contribution in [-0.2, 0) is 57.5 Å². The third-order valence-electron chi connectivity index (χ3n) is 13.9. The number of hydrogen-bond acceptors (Lipinski definition) is 20. The summed E-state index contributed by atoms with van der Waals surface area (Å²) in [5.41, 5.74) is 72.4. The van der Waals surface area contributed by atoms with Crippen molar-refractivity contribution in [3.05, 3.63) is 0 Å². The number of aliphatic imine (C=N–C) groups is 5. The first-order valence-electron chi connectivity index (χ1n) is 31.6. The monoisotopic (exact) mass is 1380 g/mol. The maximum atomic E-state index is 14.7. The third kappa shape index (κ3) is 41.3. The van der Waals surface area contributed by atoms with Crippen LogP contribution in [0.15, 0.2) is 25.0 Å². The summed E-state index contributed by atoms with van der Waals surface area (Å²) in [5.74, 6) is -13.5. The lowest BCUT2D eigenvalue weighted by molar-refractivity contribution is -0.139. The summed E-state index contributed by atoms with van der Waals surface area (Å²) in [6.07, 6.45) is -0.807. The van der Waals surface area contributed by atoms with Crippen molar-refractivity contribution in [3.63, 3.8) is 0 Å². The molecule has 10 atom stereocenters. The van der Waals surface area contributed by atoms with E-state index >= 15 is 0 Å². The zero-order chi connectivity index (χ0) is 73.6. The third-order valence-corrected chi connectivity index (χ3v) is 13.9. The van der Waals surface area contributed by atoms with Crippen LogP contribution >= 0.6 is 0 Å². The van der Waals surface area contributed by atoms with Crippen molar-refractivity contribution < 1.29 is 67.7 Å². The van der Waals surface area contributed by atoms with Gasteiger partial charge in [0.05, 0.1) is 6.04 Å². The first-order chi connectivity index (χ1) is 45.7. The van der Waals surface area contributed by atoms with Gasteiger partial charge in [-0.05, 0) is 136 Å². The Labute approximate surface area is 561 Å². The fraction of sp³-hybridized carbons (Fsp3) is 0.691. The van der Waals surface area contributed by atoms with Gasteiger partial charge >= 0.3 is 11.9 Å². The Morgan fingerprint density at radius 1 is 0.309 bits per heavy atom. The van der Waals surface area contributed by atoms with E-state index in [0.29, 0.717) is 12.8 Å². The zero-order valence-corrected chi connectivity index (χ0v) is 55.2. The average molecular weight is 1380 g/mol. The van der Waals surface area contributed by atoms with E-state index in [0.717, 1.165) is 0 Å². The van der Waals surface area contributed by atoms with Gasteiger partial charge in [-0.1, -0.05) is 0 Å². The molecule has 0 radical (unpaired) electrons. The summed E-state index contributed by atoms with van der Waals surface area (Å²) in [5, 5.41) is 44.1. The number of nitrogens with two attached hydrogens (primary N) is 13. The summed E-state index contributed by atoms with van der Waals surface area (Å²) in [4.78, 5) is 183. The molecular weight excluding hydrogens is 1280 g/mol. The Morgan fingerprint density at radius 2 is 0.546 bits per heavy atom. The van der Waals surface area contributed by atoms with Crippen LogP contribution < -0.4 is 128 Å². The number of aliphatic carboxylic acids is 2. The molecule has 0 spiro atoms. The van der Waals surface area contributed by atoms with Gasteiger partial charge in [0.25, 0.3) is 0 Å². The van der Waals surface area contributed by atoms with Gasteiger partial charge in [-0.3, -0.25) is 82.5 Å². The lowest BCUT2D eigenvalue weighted by atomic mass is 10.0. The van der Waals surface area contributed by atoms with Crippen LogP contribution in [0.1, 0.15) is 129 Å². The molecule has 42 heteroatoms. The smallest absolute Gasteiger partial charge is 0.322 e. The van der Waals surface area contributed by atoms with Crippen molar-refractivity contribution in [1.82, 2.24) is 53.2 Å². The summed E-state index contributed by atoms with van der Waals surface area (Å²) < 4.78 is 0. The summed E-state index contributed by atoms with van der Waals surface area (Å²) in [7, 11) is 0. The molecule has 0 aromatic carbocycles. The van der Waals surface area contributed by atoms with E-state index in [1.165, 1.54) is 13.8 Å². The van der Waals surface area contributed by atoms with Crippen LogP contribution in [0.4, 0.5) is 0 Å². The van der Waals surface area contributed by atoms with Gasteiger partial charge in [0.15, 0.2) is 29.8 Å². The van der Waals surface area contributed by atoms with Crippen molar-refractivity contribution in [2.75, 3.05) is 52.4 Å². The Bertz CT molecular complexity index is 2700. The van der Waals surface area contributed by atoms with Gasteiger partial charge in [0, 0.05) is 39.1 Å². The van der Waals surface area contributed by atoms with Gasteiger partial charge in [-0.15, -0.1) is 0 Å². The highest BCUT2D eigenvalue weighted by molar-refractivity contribution is 5.99. The molecule has 10 amide bonds. The van der Waals surface area contributed by atoms with Gasteiger partial charge < -0.3 is 138 Å². The predicted molar refractivity (Wildman–Crippen MR) is 360 cm³/mol. The highest BCUT2D eigenvalue weighted by Gasteiger charge is 2.36. The number of carbonyl (C=O) groups excluding carboxylic acids is 10. The molecule has 0 aliphatic rings. The van der Waals surface area contributed by atoms with Gasteiger partial charge in [-0.2, -0.15) is 0 Å². The van der Waals surface area contributed by atoms with Gasteiger partial charge in [0.1, 0.15) is 60.9 Å². The number of hydrogen-bond donors (Lipinski definition) is 25. The molecule has 97 heavy (non-hydrogen) atoms. The average Bonchev–Trinajstić information content (AvgIpc) is 0.890. The number of amides is 10. The van der Waals surface area contributed by atoms with Crippen LogP contribution in [0.2, 0.25) is 0 Å². The number of guanidine groups is 5. The minimum atomic E-state index is -1.72. The fourth-order valence-electron chi connectivity index (χ4n) is 8.82. The van der Waals surface area contributed by atoms with Crippen LogP contribution in [0, 0.1) is 0 Å². The van der Waals surface area contributed by atoms with Crippen LogP contribution in [0.3, 0.4) is 0 Å². The lowest BCUT2D eigenvalue weighted by Gasteiger charge is -2.28. The van der Waals surface area contributed by atoms with Crippen LogP contribution in [0.5, 0.6) is 0 Å². The largest absolute Gasteiger partial charge is 0.481 e. The molecule has 550 valence electrons. The molecule has 38 N–H and O–H groups in total.